The molecule has 2 rings (SSSR count). The Labute approximate surface area is 207 Å². The van der Waals surface area contributed by atoms with Crippen molar-refractivity contribution in [1.29, 1.82) is 0 Å². The maximum absolute atomic E-state index is 12.0. The molecule has 0 saturated carbocycles. The van der Waals surface area contributed by atoms with Gasteiger partial charge in [-0.25, -0.2) is 4.79 Å². The molecule has 0 radical (unpaired) electrons. The van der Waals surface area contributed by atoms with Crippen molar-refractivity contribution in [2.45, 2.75) is 33.1 Å². The van der Waals surface area contributed by atoms with E-state index in [1.54, 1.807) is 24.3 Å². The van der Waals surface area contributed by atoms with Crippen LogP contribution in [0.5, 0.6) is 0 Å². The molecule has 0 aliphatic heterocycles. The number of benzene rings is 2. The average Bonchev–Trinajstić information content (AvgIpc) is 2.79. The summed E-state index contributed by atoms with van der Waals surface area (Å²) in [5.41, 5.74) is 1.31. The van der Waals surface area contributed by atoms with Crippen LogP contribution in [0.2, 0.25) is 10.0 Å². The lowest BCUT2D eigenvalue weighted by Crippen LogP contribution is -2.21. The second-order valence-electron chi connectivity index (χ2n) is 7.81. The number of amides is 2. The molecule has 0 bridgehead atoms. The van der Waals surface area contributed by atoms with Crippen LogP contribution in [-0.4, -0.2) is 37.0 Å². The maximum Gasteiger partial charge on any atom is 0.338 e. The molecule has 0 unspecified atom stereocenters. The molecule has 0 spiro atoms. The molecule has 8 nitrogen and oxygen atoms in total. The third kappa shape index (κ3) is 9.80. The van der Waals surface area contributed by atoms with Gasteiger partial charge in [0.2, 0.25) is 5.91 Å². The van der Waals surface area contributed by atoms with E-state index < -0.39 is 24.5 Å². The predicted molar refractivity (Wildman–Crippen MR) is 130 cm³/mol. The zero-order chi connectivity index (χ0) is 25.1. The van der Waals surface area contributed by atoms with Gasteiger partial charge in [0.1, 0.15) is 0 Å². The van der Waals surface area contributed by atoms with E-state index in [4.69, 9.17) is 32.7 Å². The largest absolute Gasteiger partial charge is 0.462 e. The number of carbonyl (C=O) groups excluding carboxylic acids is 4. The lowest BCUT2D eigenvalue weighted by Gasteiger charge is -2.09. The zero-order valence-corrected chi connectivity index (χ0v) is 20.4. The van der Waals surface area contributed by atoms with Crippen LogP contribution in [0, 0.1) is 5.92 Å². The van der Waals surface area contributed by atoms with Crippen molar-refractivity contribution >= 4 is 58.3 Å². The molecule has 0 heterocycles. The second-order valence-corrected chi connectivity index (χ2v) is 8.62. The molecule has 0 aliphatic rings. The summed E-state index contributed by atoms with van der Waals surface area (Å²) in [6.45, 7) is 3.74. The van der Waals surface area contributed by atoms with Gasteiger partial charge in [-0.05, 0) is 54.8 Å². The minimum Gasteiger partial charge on any atom is -0.462 e. The summed E-state index contributed by atoms with van der Waals surface area (Å²) in [7, 11) is 0. The van der Waals surface area contributed by atoms with Crippen LogP contribution in [0.15, 0.2) is 42.5 Å². The fourth-order valence-electron chi connectivity index (χ4n) is 2.62. The van der Waals surface area contributed by atoms with Gasteiger partial charge in [-0.1, -0.05) is 37.0 Å². The van der Waals surface area contributed by atoms with E-state index in [-0.39, 0.29) is 31.1 Å². The minimum absolute atomic E-state index is 0.0186. The Bertz CT molecular complexity index is 1020. The van der Waals surface area contributed by atoms with Gasteiger partial charge in [-0.2, -0.15) is 0 Å². The summed E-state index contributed by atoms with van der Waals surface area (Å²) >= 11 is 11.7. The van der Waals surface area contributed by atoms with Gasteiger partial charge in [0.05, 0.1) is 22.2 Å². The van der Waals surface area contributed by atoms with Gasteiger partial charge in [0.25, 0.3) is 5.91 Å². The maximum atomic E-state index is 12.0. The van der Waals surface area contributed by atoms with Crippen molar-refractivity contribution in [3.8, 4) is 0 Å². The molecule has 0 saturated heterocycles. The molecule has 10 heteroatoms. The monoisotopic (exact) mass is 508 g/mol. The summed E-state index contributed by atoms with van der Waals surface area (Å²) in [5.74, 6) is -1.62. The summed E-state index contributed by atoms with van der Waals surface area (Å²) in [6.07, 6.45) is 0.324. The summed E-state index contributed by atoms with van der Waals surface area (Å²) < 4.78 is 10.1. The first-order valence-electron chi connectivity index (χ1n) is 10.6. The standard InChI is InChI=1S/C24H26Cl2N2O6/c1-15(2)13-34-24(32)16-6-8-17(9-7-16)27-22(30)14-33-23(31)5-3-4-21(29)28-18-10-11-19(25)20(26)12-18/h6-12,15H,3-5,13-14H2,1-2H3,(H,27,30)(H,28,29). The predicted octanol–water partition coefficient (Wildman–Crippen LogP) is 5.10. The minimum atomic E-state index is -0.597. The number of ether oxygens (including phenoxy) is 2. The molecule has 0 atom stereocenters. The van der Waals surface area contributed by atoms with Gasteiger partial charge < -0.3 is 20.1 Å². The lowest BCUT2D eigenvalue weighted by atomic mass is 10.2. The Kier molecular flexibility index (Phi) is 10.8. The first-order valence-corrected chi connectivity index (χ1v) is 11.4. The van der Waals surface area contributed by atoms with Crippen LogP contribution in [0.25, 0.3) is 0 Å². The Balaban J connectivity index is 1.65. The van der Waals surface area contributed by atoms with E-state index in [1.165, 1.54) is 18.2 Å². The summed E-state index contributed by atoms with van der Waals surface area (Å²) in [6, 6.07) is 10.9. The molecule has 2 N–H and O–H groups in total. The number of carbonyl (C=O) groups is 4. The smallest absolute Gasteiger partial charge is 0.338 e. The number of esters is 2. The van der Waals surface area contributed by atoms with Crippen LogP contribution in [-0.2, 0) is 23.9 Å². The highest BCUT2D eigenvalue weighted by Crippen LogP contribution is 2.25. The van der Waals surface area contributed by atoms with Crippen molar-refractivity contribution in [3.63, 3.8) is 0 Å². The van der Waals surface area contributed by atoms with E-state index >= 15 is 0 Å². The van der Waals surface area contributed by atoms with Gasteiger partial charge in [0.15, 0.2) is 6.61 Å². The zero-order valence-electron chi connectivity index (χ0n) is 18.9. The van der Waals surface area contributed by atoms with Gasteiger partial charge >= 0.3 is 11.9 Å². The molecule has 0 fully saturated rings. The van der Waals surface area contributed by atoms with E-state index in [9.17, 15) is 19.2 Å². The summed E-state index contributed by atoms with van der Waals surface area (Å²) in [5, 5.41) is 5.93. The van der Waals surface area contributed by atoms with Gasteiger partial charge in [-0.3, -0.25) is 14.4 Å². The van der Waals surface area contributed by atoms with Crippen molar-refractivity contribution in [2.75, 3.05) is 23.8 Å². The van der Waals surface area contributed by atoms with Crippen molar-refractivity contribution in [1.82, 2.24) is 0 Å². The number of hydrogen-bond donors (Lipinski definition) is 2. The van der Waals surface area contributed by atoms with E-state index in [0.717, 1.165) is 0 Å². The molecule has 2 aromatic rings. The number of nitrogens with one attached hydrogen (secondary N) is 2. The second kappa shape index (κ2) is 13.6. The van der Waals surface area contributed by atoms with Crippen LogP contribution >= 0.6 is 23.2 Å². The first-order chi connectivity index (χ1) is 16.1. The molecular weight excluding hydrogens is 483 g/mol. The Hall–Kier alpha value is -3.10. The van der Waals surface area contributed by atoms with Crippen molar-refractivity contribution in [3.05, 3.63) is 58.1 Å². The van der Waals surface area contributed by atoms with Crippen LogP contribution in [0.1, 0.15) is 43.5 Å². The number of rotatable bonds is 11. The summed E-state index contributed by atoms with van der Waals surface area (Å²) in [4.78, 5) is 47.7. The van der Waals surface area contributed by atoms with E-state index in [2.05, 4.69) is 10.6 Å². The van der Waals surface area contributed by atoms with Gasteiger partial charge in [-0.15, -0.1) is 0 Å². The number of hydrogen-bond acceptors (Lipinski definition) is 6. The Morgan fingerprint density at radius 2 is 1.47 bits per heavy atom. The highest BCUT2D eigenvalue weighted by atomic mass is 35.5. The third-order valence-electron chi connectivity index (χ3n) is 4.30. The quantitative estimate of drug-likeness (QED) is 0.408. The molecule has 2 aromatic carbocycles. The lowest BCUT2D eigenvalue weighted by molar-refractivity contribution is -0.147. The molecular formula is C24H26Cl2N2O6. The van der Waals surface area contributed by atoms with E-state index in [1.807, 2.05) is 13.8 Å². The highest BCUT2D eigenvalue weighted by molar-refractivity contribution is 6.42. The SMILES string of the molecule is CC(C)COC(=O)c1ccc(NC(=O)COC(=O)CCCC(=O)Nc2ccc(Cl)c(Cl)c2)cc1. The van der Waals surface area contributed by atoms with Crippen molar-refractivity contribution < 1.29 is 28.7 Å². The first kappa shape index (κ1) is 27.1. The molecule has 182 valence electrons. The Morgan fingerprint density at radius 3 is 2.12 bits per heavy atom. The molecule has 34 heavy (non-hydrogen) atoms. The number of anilines is 2. The number of halogens is 2. The molecule has 0 aliphatic carbocycles. The normalized spacial score (nSPS) is 10.5. The van der Waals surface area contributed by atoms with Crippen LogP contribution in [0.3, 0.4) is 0 Å². The highest BCUT2D eigenvalue weighted by Gasteiger charge is 2.12. The third-order valence-corrected chi connectivity index (χ3v) is 5.04. The Morgan fingerprint density at radius 1 is 0.824 bits per heavy atom. The topological polar surface area (TPSA) is 111 Å². The fourth-order valence-corrected chi connectivity index (χ4v) is 2.92. The average molecular weight is 509 g/mol. The molecule has 0 aromatic heterocycles. The van der Waals surface area contributed by atoms with Gasteiger partial charge in [0, 0.05) is 24.2 Å². The van der Waals surface area contributed by atoms with Crippen LogP contribution in [0.4, 0.5) is 11.4 Å². The van der Waals surface area contributed by atoms with Crippen LogP contribution < -0.4 is 10.6 Å². The van der Waals surface area contributed by atoms with E-state index in [0.29, 0.717) is 33.6 Å². The fraction of sp³-hybridized carbons (Fsp3) is 0.333. The molecule has 2 amide bonds. The van der Waals surface area contributed by atoms with Crippen molar-refractivity contribution in [2.24, 2.45) is 5.92 Å².